The highest BCUT2D eigenvalue weighted by atomic mass is 127. The second kappa shape index (κ2) is 9.93. The van der Waals surface area contributed by atoms with Gasteiger partial charge in [0.1, 0.15) is 0 Å². The van der Waals surface area contributed by atoms with Gasteiger partial charge in [-0.1, -0.05) is 36.4 Å². The highest BCUT2D eigenvalue weighted by molar-refractivity contribution is 14.0. The van der Waals surface area contributed by atoms with E-state index < -0.39 is 0 Å². The number of aliphatic imine (C=N–C) groups is 1. The van der Waals surface area contributed by atoms with E-state index in [4.69, 9.17) is 10.5 Å². The summed E-state index contributed by atoms with van der Waals surface area (Å²) < 4.78 is 7.01. The highest BCUT2D eigenvalue weighted by Crippen LogP contribution is 2.15. The minimum Gasteiger partial charge on any atom is -0.380 e. The molecule has 3 N–H and O–H groups in total. The number of rotatable bonds is 6. The third-order valence-electron chi connectivity index (χ3n) is 3.67. The molecule has 0 amide bonds. The Hall–Kier alpha value is -2.39. The molecule has 0 radical (unpaired) electrons. The van der Waals surface area contributed by atoms with Gasteiger partial charge in [0.05, 0.1) is 25.0 Å². The maximum absolute atomic E-state index is 6.01. The van der Waals surface area contributed by atoms with Crippen molar-refractivity contribution in [3.63, 3.8) is 0 Å². The SMILES string of the molecule is COCc1ccccc1NC(N)=NCc1cnn(-c2ccccc2)c1.I. The molecule has 6 nitrogen and oxygen atoms in total. The first-order valence-corrected chi connectivity index (χ1v) is 7.99. The molecule has 7 heteroatoms. The van der Waals surface area contributed by atoms with Crippen molar-refractivity contribution >= 4 is 35.6 Å². The normalized spacial score (nSPS) is 11.0. The fourth-order valence-corrected chi connectivity index (χ4v) is 2.44. The third kappa shape index (κ3) is 5.30. The predicted octanol–water partition coefficient (Wildman–Crippen LogP) is 3.56. The number of ether oxygens (including phenoxy) is 1. The van der Waals surface area contributed by atoms with Gasteiger partial charge in [-0.2, -0.15) is 5.10 Å². The molecule has 0 atom stereocenters. The van der Waals surface area contributed by atoms with Crippen molar-refractivity contribution in [2.45, 2.75) is 13.2 Å². The number of anilines is 1. The van der Waals surface area contributed by atoms with Gasteiger partial charge in [0.2, 0.25) is 0 Å². The van der Waals surface area contributed by atoms with Crippen LogP contribution in [0, 0.1) is 0 Å². The first kappa shape index (κ1) is 19.9. The molecule has 26 heavy (non-hydrogen) atoms. The van der Waals surface area contributed by atoms with Crippen LogP contribution in [0.3, 0.4) is 0 Å². The van der Waals surface area contributed by atoms with Crippen LogP contribution in [-0.2, 0) is 17.9 Å². The Morgan fingerprint density at radius 1 is 1.15 bits per heavy atom. The fraction of sp³-hybridized carbons (Fsp3) is 0.158. The van der Waals surface area contributed by atoms with Crippen LogP contribution >= 0.6 is 24.0 Å². The summed E-state index contributed by atoms with van der Waals surface area (Å²) in [6, 6.07) is 17.8. The standard InChI is InChI=1S/C19H21N5O.HI/c1-25-14-16-7-5-6-10-18(16)23-19(20)21-11-15-12-22-24(13-15)17-8-3-2-4-9-17;/h2-10,12-13H,11,14H2,1H3,(H3,20,21,23);1H. The summed E-state index contributed by atoms with van der Waals surface area (Å²) in [5.41, 5.74) is 9.93. The maximum Gasteiger partial charge on any atom is 0.193 e. The number of methoxy groups -OCH3 is 1. The first-order valence-electron chi connectivity index (χ1n) is 7.99. The van der Waals surface area contributed by atoms with E-state index in [9.17, 15) is 0 Å². The number of benzene rings is 2. The summed E-state index contributed by atoms with van der Waals surface area (Å²) in [4.78, 5) is 4.39. The van der Waals surface area contributed by atoms with Gasteiger partial charge in [0.15, 0.2) is 5.96 Å². The summed E-state index contributed by atoms with van der Waals surface area (Å²) >= 11 is 0. The van der Waals surface area contributed by atoms with Gasteiger partial charge in [0, 0.05) is 30.1 Å². The van der Waals surface area contributed by atoms with Crippen molar-refractivity contribution in [2.24, 2.45) is 10.7 Å². The molecule has 0 bridgehead atoms. The van der Waals surface area contributed by atoms with Crippen LogP contribution in [0.25, 0.3) is 5.69 Å². The zero-order valence-corrected chi connectivity index (χ0v) is 16.8. The summed E-state index contributed by atoms with van der Waals surface area (Å²) in [6.45, 7) is 0.971. The number of hydrogen-bond acceptors (Lipinski definition) is 3. The van der Waals surface area contributed by atoms with Crippen molar-refractivity contribution in [1.29, 1.82) is 0 Å². The Labute approximate surface area is 170 Å². The fourth-order valence-electron chi connectivity index (χ4n) is 2.44. The lowest BCUT2D eigenvalue weighted by Crippen LogP contribution is -2.23. The van der Waals surface area contributed by atoms with E-state index in [-0.39, 0.29) is 24.0 Å². The number of nitrogens with two attached hydrogens (primary N) is 1. The van der Waals surface area contributed by atoms with E-state index in [1.807, 2.05) is 65.5 Å². The number of para-hydroxylation sites is 2. The molecule has 0 saturated heterocycles. The van der Waals surface area contributed by atoms with Crippen LogP contribution in [0.1, 0.15) is 11.1 Å². The van der Waals surface area contributed by atoms with E-state index in [1.165, 1.54) is 0 Å². The zero-order valence-electron chi connectivity index (χ0n) is 14.5. The van der Waals surface area contributed by atoms with Crippen LogP contribution < -0.4 is 11.1 Å². The van der Waals surface area contributed by atoms with Gasteiger partial charge < -0.3 is 15.8 Å². The average Bonchev–Trinajstić information content (AvgIpc) is 3.12. The topological polar surface area (TPSA) is 77.5 Å². The van der Waals surface area contributed by atoms with Gasteiger partial charge in [-0.3, -0.25) is 0 Å². The van der Waals surface area contributed by atoms with Crippen molar-refractivity contribution in [2.75, 3.05) is 12.4 Å². The van der Waals surface area contributed by atoms with E-state index >= 15 is 0 Å². The Morgan fingerprint density at radius 3 is 2.65 bits per heavy atom. The molecule has 0 aliphatic rings. The van der Waals surface area contributed by atoms with Crippen LogP contribution in [0.5, 0.6) is 0 Å². The smallest absolute Gasteiger partial charge is 0.193 e. The number of nitrogens with one attached hydrogen (secondary N) is 1. The lowest BCUT2D eigenvalue weighted by Gasteiger charge is -2.10. The summed E-state index contributed by atoms with van der Waals surface area (Å²) in [6.07, 6.45) is 3.74. The number of halogens is 1. The molecule has 136 valence electrons. The number of nitrogens with zero attached hydrogens (tertiary/aromatic N) is 3. The molecule has 2 aromatic carbocycles. The highest BCUT2D eigenvalue weighted by Gasteiger charge is 2.03. The predicted molar refractivity (Wildman–Crippen MR) is 115 cm³/mol. The lowest BCUT2D eigenvalue weighted by molar-refractivity contribution is 0.185. The largest absolute Gasteiger partial charge is 0.380 e. The molecule has 3 aromatic rings. The average molecular weight is 463 g/mol. The molecule has 0 aliphatic carbocycles. The minimum atomic E-state index is 0. The lowest BCUT2D eigenvalue weighted by atomic mass is 10.2. The molecule has 1 heterocycles. The van der Waals surface area contributed by atoms with Gasteiger partial charge in [0.25, 0.3) is 0 Å². The van der Waals surface area contributed by atoms with Crippen LogP contribution in [0.2, 0.25) is 0 Å². The number of guanidine groups is 1. The van der Waals surface area contributed by atoms with Crippen LogP contribution in [0.15, 0.2) is 72.0 Å². The monoisotopic (exact) mass is 463 g/mol. The van der Waals surface area contributed by atoms with Crippen LogP contribution in [-0.4, -0.2) is 22.8 Å². The van der Waals surface area contributed by atoms with Crippen molar-refractivity contribution in [1.82, 2.24) is 9.78 Å². The molecule has 0 spiro atoms. The number of aromatic nitrogens is 2. The molecular weight excluding hydrogens is 441 g/mol. The van der Waals surface area contributed by atoms with Crippen molar-refractivity contribution < 1.29 is 4.74 Å². The first-order chi connectivity index (χ1) is 12.3. The Balaban J connectivity index is 0.00000243. The molecular formula is C19H22IN5O. The maximum atomic E-state index is 6.01. The molecule has 1 aromatic heterocycles. The summed E-state index contributed by atoms with van der Waals surface area (Å²) in [7, 11) is 1.67. The molecule has 0 saturated carbocycles. The second-order valence-electron chi connectivity index (χ2n) is 5.55. The Morgan fingerprint density at radius 2 is 1.88 bits per heavy atom. The van der Waals surface area contributed by atoms with E-state index in [0.29, 0.717) is 19.1 Å². The molecule has 3 rings (SSSR count). The Kier molecular flexibility index (Phi) is 7.61. The van der Waals surface area contributed by atoms with Crippen molar-refractivity contribution in [3.8, 4) is 5.69 Å². The summed E-state index contributed by atoms with van der Waals surface area (Å²) in [5, 5.41) is 7.48. The molecule has 0 fully saturated rings. The van der Waals surface area contributed by atoms with E-state index in [1.54, 1.807) is 13.3 Å². The Bertz CT molecular complexity index is 848. The van der Waals surface area contributed by atoms with Gasteiger partial charge in [-0.15, -0.1) is 24.0 Å². The van der Waals surface area contributed by atoms with Crippen LogP contribution in [0.4, 0.5) is 5.69 Å². The number of hydrogen-bond donors (Lipinski definition) is 2. The van der Waals surface area contributed by atoms with Gasteiger partial charge in [-0.25, -0.2) is 9.67 Å². The third-order valence-corrected chi connectivity index (χ3v) is 3.67. The quantitative estimate of drug-likeness (QED) is 0.333. The van der Waals surface area contributed by atoms with Crippen molar-refractivity contribution in [3.05, 3.63) is 78.1 Å². The molecule has 0 unspecified atom stereocenters. The second-order valence-corrected chi connectivity index (χ2v) is 5.55. The van der Waals surface area contributed by atoms with Gasteiger partial charge >= 0.3 is 0 Å². The molecule has 0 aliphatic heterocycles. The minimum absolute atomic E-state index is 0. The summed E-state index contributed by atoms with van der Waals surface area (Å²) in [5.74, 6) is 0.357. The van der Waals surface area contributed by atoms with E-state index in [0.717, 1.165) is 22.5 Å². The zero-order chi connectivity index (χ0) is 17.5. The van der Waals surface area contributed by atoms with Gasteiger partial charge in [-0.05, 0) is 18.2 Å². The van der Waals surface area contributed by atoms with E-state index in [2.05, 4.69) is 15.4 Å².